The van der Waals surface area contributed by atoms with Crippen molar-refractivity contribution in [1.82, 2.24) is 5.32 Å². The molecule has 1 unspecified atom stereocenters. The number of carbonyl (C=O) groups excluding carboxylic acids is 1. The molecule has 0 aliphatic rings. The van der Waals surface area contributed by atoms with E-state index >= 15 is 0 Å². The molecule has 4 heteroatoms. The molecule has 0 saturated carbocycles. The number of hydrogen-bond donors (Lipinski definition) is 2. The number of carbonyl (C=O) groups is 1. The highest BCUT2D eigenvalue weighted by Gasteiger charge is 2.04. The van der Waals surface area contributed by atoms with Gasteiger partial charge in [0.2, 0.25) is 5.91 Å². The number of hydrogen-bond acceptors (Lipinski definition) is 2. The van der Waals surface area contributed by atoms with E-state index in [0.717, 1.165) is 0 Å². The topological polar surface area (TPSA) is 53.0 Å². The number of allylic oxidation sites excluding steroid dienone is 1. The molecule has 0 bridgehead atoms. The maximum absolute atomic E-state index is 10.4. The second-order valence-electron chi connectivity index (χ2n) is 1.77. The molecular weight excluding hydrogens is 243 g/mol. The minimum absolute atomic E-state index is 0.110. The van der Waals surface area contributed by atoms with Crippen molar-refractivity contribution in [3.8, 4) is 0 Å². The van der Waals surface area contributed by atoms with Gasteiger partial charge in [0.05, 0.1) is 3.92 Å². The molecule has 0 aromatic rings. The fraction of sp³-hybridized carbons (Fsp3) is 0.333. The van der Waals surface area contributed by atoms with Gasteiger partial charge in [-0.1, -0.05) is 29.2 Å². The maximum atomic E-state index is 10.4. The van der Waals surface area contributed by atoms with Crippen LogP contribution in [0.2, 0.25) is 0 Å². The van der Waals surface area contributed by atoms with E-state index in [1.54, 1.807) is 0 Å². The summed E-state index contributed by atoms with van der Waals surface area (Å²) in [5.41, 5.74) is 0.558. The van der Waals surface area contributed by atoms with Gasteiger partial charge in [0, 0.05) is 18.8 Å². The Bertz CT molecular complexity index is 167. The SMILES string of the molecule is C=C(NC(C)=O)C(I)C=N. The summed E-state index contributed by atoms with van der Waals surface area (Å²) in [6.07, 6.45) is 1.22. The van der Waals surface area contributed by atoms with Crippen LogP contribution in [0.15, 0.2) is 12.3 Å². The van der Waals surface area contributed by atoms with E-state index in [2.05, 4.69) is 11.9 Å². The monoisotopic (exact) mass is 252 g/mol. The van der Waals surface area contributed by atoms with Crippen LogP contribution in [0.25, 0.3) is 0 Å². The molecule has 0 radical (unpaired) electrons. The lowest BCUT2D eigenvalue weighted by atomic mass is 10.3. The van der Waals surface area contributed by atoms with Crippen molar-refractivity contribution in [2.75, 3.05) is 0 Å². The van der Waals surface area contributed by atoms with Gasteiger partial charge in [-0.2, -0.15) is 0 Å². The van der Waals surface area contributed by atoms with E-state index in [1.165, 1.54) is 13.1 Å². The average Bonchev–Trinajstić information content (AvgIpc) is 1.85. The highest BCUT2D eigenvalue weighted by molar-refractivity contribution is 14.1. The highest BCUT2D eigenvalue weighted by Crippen LogP contribution is 2.04. The largest absolute Gasteiger partial charge is 0.329 e. The Labute approximate surface area is 73.5 Å². The van der Waals surface area contributed by atoms with Gasteiger partial charge >= 0.3 is 0 Å². The fourth-order valence-electron chi connectivity index (χ4n) is 0.396. The van der Waals surface area contributed by atoms with Crippen molar-refractivity contribution in [3.63, 3.8) is 0 Å². The summed E-state index contributed by atoms with van der Waals surface area (Å²) in [6, 6.07) is 0. The lowest BCUT2D eigenvalue weighted by molar-refractivity contribution is -0.118. The van der Waals surface area contributed by atoms with E-state index in [-0.39, 0.29) is 9.83 Å². The molecule has 56 valence electrons. The van der Waals surface area contributed by atoms with E-state index in [0.29, 0.717) is 5.70 Å². The van der Waals surface area contributed by atoms with E-state index in [4.69, 9.17) is 5.41 Å². The predicted octanol–water partition coefficient (Wildman–Crippen LogP) is 1.09. The van der Waals surface area contributed by atoms with Crippen LogP contribution in [0.3, 0.4) is 0 Å². The Balaban J connectivity index is 3.84. The van der Waals surface area contributed by atoms with Gasteiger partial charge in [0.15, 0.2) is 0 Å². The minimum atomic E-state index is -0.145. The van der Waals surface area contributed by atoms with Crippen molar-refractivity contribution in [2.24, 2.45) is 0 Å². The number of amides is 1. The normalized spacial score (nSPS) is 11.8. The van der Waals surface area contributed by atoms with Crippen molar-refractivity contribution in [2.45, 2.75) is 10.8 Å². The lowest BCUT2D eigenvalue weighted by Crippen LogP contribution is -2.24. The van der Waals surface area contributed by atoms with Crippen molar-refractivity contribution < 1.29 is 4.79 Å². The molecule has 0 spiro atoms. The first-order valence-corrected chi connectivity index (χ1v) is 3.93. The van der Waals surface area contributed by atoms with Crippen molar-refractivity contribution in [3.05, 3.63) is 12.3 Å². The third-order valence-electron chi connectivity index (χ3n) is 0.816. The third-order valence-corrected chi connectivity index (χ3v) is 1.93. The fourth-order valence-corrected chi connectivity index (χ4v) is 0.551. The Morgan fingerprint density at radius 2 is 2.40 bits per heavy atom. The molecule has 1 atom stereocenters. The summed E-state index contributed by atoms with van der Waals surface area (Å²) in [5, 5.41) is 9.34. The zero-order valence-electron chi connectivity index (χ0n) is 5.65. The van der Waals surface area contributed by atoms with E-state index in [9.17, 15) is 4.79 Å². The van der Waals surface area contributed by atoms with Gasteiger partial charge < -0.3 is 10.7 Å². The number of rotatable bonds is 3. The zero-order chi connectivity index (χ0) is 8.15. The first-order chi connectivity index (χ1) is 4.57. The van der Waals surface area contributed by atoms with Gasteiger partial charge in [-0.25, -0.2) is 0 Å². The van der Waals surface area contributed by atoms with Crippen LogP contribution in [-0.2, 0) is 4.79 Å². The first-order valence-electron chi connectivity index (χ1n) is 2.69. The second kappa shape index (κ2) is 4.43. The van der Waals surface area contributed by atoms with Gasteiger partial charge in [-0.05, 0) is 0 Å². The third kappa shape index (κ3) is 3.60. The van der Waals surface area contributed by atoms with Gasteiger partial charge in [0.25, 0.3) is 0 Å². The van der Waals surface area contributed by atoms with Gasteiger partial charge in [-0.3, -0.25) is 4.79 Å². The molecule has 0 saturated heterocycles. The summed E-state index contributed by atoms with van der Waals surface area (Å²) in [5.74, 6) is -0.145. The van der Waals surface area contributed by atoms with Crippen LogP contribution in [0.1, 0.15) is 6.92 Å². The summed E-state index contributed by atoms with van der Waals surface area (Å²) >= 11 is 2.01. The van der Waals surface area contributed by atoms with Crippen LogP contribution in [-0.4, -0.2) is 16.0 Å². The Hall–Kier alpha value is -0.390. The maximum Gasteiger partial charge on any atom is 0.221 e. The van der Waals surface area contributed by atoms with Crippen LogP contribution in [0, 0.1) is 5.41 Å². The van der Waals surface area contributed by atoms with E-state index in [1.807, 2.05) is 22.6 Å². The molecule has 0 aromatic carbocycles. The molecule has 0 heterocycles. The smallest absolute Gasteiger partial charge is 0.221 e. The molecule has 0 aliphatic carbocycles. The first kappa shape index (κ1) is 9.61. The number of nitrogens with one attached hydrogen (secondary N) is 2. The summed E-state index contributed by atoms with van der Waals surface area (Å²) in [6.45, 7) is 4.99. The molecule has 2 N–H and O–H groups in total. The molecular formula is C6H9IN2O. The average molecular weight is 252 g/mol. The molecule has 0 aromatic heterocycles. The molecule has 0 aliphatic heterocycles. The Morgan fingerprint density at radius 3 is 2.70 bits per heavy atom. The summed E-state index contributed by atoms with van der Waals surface area (Å²) < 4.78 is -0.110. The van der Waals surface area contributed by atoms with E-state index < -0.39 is 0 Å². The molecule has 3 nitrogen and oxygen atoms in total. The molecule has 0 rings (SSSR count). The van der Waals surface area contributed by atoms with Gasteiger partial charge in [0.1, 0.15) is 0 Å². The Morgan fingerprint density at radius 1 is 1.90 bits per heavy atom. The number of halogens is 1. The van der Waals surface area contributed by atoms with Crippen LogP contribution in [0.5, 0.6) is 0 Å². The molecule has 10 heavy (non-hydrogen) atoms. The van der Waals surface area contributed by atoms with Crippen molar-refractivity contribution >= 4 is 34.7 Å². The summed E-state index contributed by atoms with van der Waals surface area (Å²) in [7, 11) is 0. The Kier molecular flexibility index (Phi) is 4.26. The summed E-state index contributed by atoms with van der Waals surface area (Å²) in [4.78, 5) is 10.4. The number of alkyl halides is 1. The van der Waals surface area contributed by atoms with Crippen LogP contribution < -0.4 is 5.32 Å². The minimum Gasteiger partial charge on any atom is -0.329 e. The highest BCUT2D eigenvalue weighted by atomic mass is 127. The predicted molar refractivity (Wildman–Crippen MR) is 49.5 cm³/mol. The quantitative estimate of drug-likeness (QED) is 0.441. The molecule has 1 amide bonds. The lowest BCUT2D eigenvalue weighted by Gasteiger charge is -2.06. The van der Waals surface area contributed by atoms with Gasteiger partial charge in [-0.15, -0.1) is 0 Å². The standard InChI is InChI=1S/C6H9IN2O/c1-4(6(7)3-8)9-5(2)10/h3,6,8H,1H2,2H3,(H,9,10). The second-order valence-corrected chi connectivity index (χ2v) is 3.12. The van der Waals surface area contributed by atoms with Crippen LogP contribution in [0.4, 0.5) is 0 Å². The van der Waals surface area contributed by atoms with Crippen molar-refractivity contribution in [1.29, 1.82) is 5.41 Å². The zero-order valence-corrected chi connectivity index (χ0v) is 7.81. The van der Waals surface area contributed by atoms with Crippen LogP contribution >= 0.6 is 22.6 Å². The molecule has 0 fully saturated rings.